The molecule has 0 saturated heterocycles. The minimum Gasteiger partial charge on any atom is -0.277 e. The van der Waals surface area contributed by atoms with E-state index in [0.717, 1.165) is 55.0 Å². The third-order valence-corrected chi connectivity index (χ3v) is 11.7. The van der Waals surface area contributed by atoms with Crippen LogP contribution < -0.4 is 0 Å². The van der Waals surface area contributed by atoms with Crippen LogP contribution in [0.25, 0.3) is 94.7 Å². The largest absolute Gasteiger partial charge is 0.277 e. The molecule has 0 amide bonds. The number of nitrogens with zero attached hydrogens (tertiary/aromatic N) is 4. The Morgan fingerprint density at radius 2 is 0.931 bits per heavy atom. The van der Waals surface area contributed by atoms with Crippen molar-refractivity contribution in [3.8, 4) is 62.1 Å². The van der Waals surface area contributed by atoms with E-state index in [1.807, 2.05) is 38.1 Å². The van der Waals surface area contributed by atoms with Gasteiger partial charge in [-0.15, -0.1) is 0 Å². The van der Waals surface area contributed by atoms with Gasteiger partial charge in [0, 0.05) is 32.9 Å². The van der Waals surface area contributed by atoms with Crippen molar-refractivity contribution in [1.29, 1.82) is 0 Å². The van der Waals surface area contributed by atoms with Gasteiger partial charge >= 0.3 is 0 Å². The number of rotatable bonds is 5. The highest BCUT2D eigenvalue weighted by molar-refractivity contribution is 6.17. The third kappa shape index (κ3) is 5.71. The van der Waals surface area contributed by atoms with Crippen molar-refractivity contribution in [3.05, 3.63) is 193 Å². The lowest BCUT2D eigenvalue weighted by Crippen LogP contribution is -2.14. The van der Waals surface area contributed by atoms with Gasteiger partial charge in [0.05, 0.1) is 11.0 Å². The zero-order valence-electron chi connectivity index (χ0n) is 33.1. The fraction of sp³-hybridized carbons (Fsp3) is 0.0926. The zero-order valence-corrected chi connectivity index (χ0v) is 33.1. The predicted molar refractivity (Wildman–Crippen MR) is 242 cm³/mol. The first-order valence-corrected chi connectivity index (χ1v) is 20.2. The number of hydrogen-bond donors (Lipinski definition) is 0. The van der Waals surface area contributed by atoms with E-state index < -0.39 is 0 Å². The summed E-state index contributed by atoms with van der Waals surface area (Å²) in [4.78, 5) is 15.8. The minimum absolute atomic E-state index is 0.121. The standard InChI is InChI=1S/C52H36N4.C2H6/c1-52(2)45-23-12-11-20-41(45)42-29-28-39(31-46(42)52)40-21-13-22-43-44-30-37-18-9-10-19-38(37)32-47(44)56(48(40)43)51-54-49(35-16-7-4-8-17-35)53-50(55-51)36-26-24-34(25-27-36)33-14-5-3-6-15-33;1-2/h3-32H,1-2H3;1-2H3. The number of aromatic nitrogens is 4. The van der Waals surface area contributed by atoms with Gasteiger partial charge < -0.3 is 0 Å². The molecule has 4 nitrogen and oxygen atoms in total. The van der Waals surface area contributed by atoms with Crippen molar-refractivity contribution in [1.82, 2.24) is 19.5 Å². The summed E-state index contributed by atoms with van der Waals surface area (Å²) in [6.45, 7) is 8.68. The van der Waals surface area contributed by atoms with Crippen LogP contribution in [-0.4, -0.2) is 19.5 Å². The highest BCUT2D eigenvalue weighted by Gasteiger charge is 2.35. The Labute approximate surface area is 339 Å². The molecule has 0 saturated carbocycles. The molecule has 0 bridgehead atoms. The van der Waals surface area contributed by atoms with Gasteiger partial charge in [0.25, 0.3) is 0 Å². The molecule has 2 heterocycles. The average molecular weight is 747 g/mol. The molecule has 278 valence electrons. The lowest BCUT2D eigenvalue weighted by atomic mass is 9.81. The van der Waals surface area contributed by atoms with E-state index in [9.17, 15) is 0 Å². The summed E-state index contributed by atoms with van der Waals surface area (Å²) in [5, 5.41) is 4.67. The third-order valence-electron chi connectivity index (χ3n) is 11.7. The predicted octanol–water partition coefficient (Wildman–Crippen LogP) is 14.1. The summed E-state index contributed by atoms with van der Waals surface area (Å²) < 4.78 is 2.27. The zero-order chi connectivity index (χ0) is 39.4. The van der Waals surface area contributed by atoms with Crippen LogP contribution in [0.4, 0.5) is 0 Å². The van der Waals surface area contributed by atoms with Crippen molar-refractivity contribution >= 4 is 32.6 Å². The van der Waals surface area contributed by atoms with Crippen LogP contribution in [0, 0.1) is 0 Å². The quantitative estimate of drug-likeness (QED) is 0.176. The smallest absolute Gasteiger partial charge is 0.238 e. The highest BCUT2D eigenvalue weighted by Crippen LogP contribution is 2.50. The van der Waals surface area contributed by atoms with Gasteiger partial charge in [-0.1, -0.05) is 191 Å². The molecule has 1 aliphatic carbocycles. The maximum Gasteiger partial charge on any atom is 0.238 e. The second kappa shape index (κ2) is 14.1. The number of fused-ring (bicyclic) bond motifs is 7. The highest BCUT2D eigenvalue weighted by atomic mass is 15.2. The Hall–Kier alpha value is -7.17. The molecular weight excluding hydrogens is 705 g/mol. The normalized spacial score (nSPS) is 12.6. The molecule has 8 aromatic carbocycles. The van der Waals surface area contributed by atoms with E-state index in [0.29, 0.717) is 17.6 Å². The summed E-state index contributed by atoms with van der Waals surface area (Å²) in [5.41, 5.74) is 13.8. The number of para-hydroxylation sites is 1. The second-order valence-corrected chi connectivity index (χ2v) is 15.3. The maximum atomic E-state index is 5.34. The first kappa shape index (κ1) is 35.3. The molecule has 0 aliphatic heterocycles. The van der Waals surface area contributed by atoms with Gasteiger partial charge in [-0.2, -0.15) is 9.97 Å². The fourth-order valence-corrected chi connectivity index (χ4v) is 8.82. The molecule has 0 atom stereocenters. The lowest BCUT2D eigenvalue weighted by molar-refractivity contribution is 0.660. The van der Waals surface area contributed by atoms with Crippen LogP contribution in [-0.2, 0) is 5.41 Å². The first-order valence-electron chi connectivity index (χ1n) is 20.2. The molecule has 10 aromatic rings. The summed E-state index contributed by atoms with van der Waals surface area (Å²) in [7, 11) is 0. The Balaban J connectivity index is 0.00000201. The summed E-state index contributed by atoms with van der Waals surface area (Å²) >= 11 is 0. The molecule has 0 N–H and O–H groups in total. The molecule has 4 heteroatoms. The summed E-state index contributed by atoms with van der Waals surface area (Å²) in [6.07, 6.45) is 0. The Kier molecular flexibility index (Phi) is 8.57. The summed E-state index contributed by atoms with van der Waals surface area (Å²) in [6, 6.07) is 64.9. The number of hydrogen-bond acceptors (Lipinski definition) is 3. The average Bonchev–Trinajstić information content (AvgIpc) is 3.74. The van der Waals surface area contributed by atoms with Crippen LogP contribution in [0.2, 0.25) is 0 Å². The lowest BCUT2D eigenvalue weighted by Gasteiger charge is -2.22. The molecule has 2 aromatic heterocycles. The van der Waals surface area contributed by atoms with Crippen LogP contribution in [0.1, 0.15) is 38.8 Å². The summed E-state index contributed by atoms with van der Waals surface area (Å²) in [5.74, 6) is 1.83. The van der Waals surface area contributed by atoms with Gasteiger partial charge in [0.1, 0.15) is 0 Å². The second-order valence-electron chi connectivity index (χ2n) is 15.3. The molecule has 11 rings (SSSR count). The SMILES string of the molecule is CC.CC1(C)c2ccccc2-c2ccc(-c3cccc4c5cc6ccccc6cc5n(-c5nc(-c6ccccc6)nc(-c6ccc(-c7ccccc7)cc6)n5)c34)cc21. The molecule has 58 heavy (non-hydrogen) atoms. The van der Waals surface area contributed by atoms with Crippen molar-refractivity contribution in [2.45, 2.75) is 33.1 Å². The van der Waals surface area contributed by atoms with Crippen LogP contribution in [0.5, 0.6) is 0 Å². The van der Waals surface area contributed by atoms with Gasteiger partial charge in [-0.3, -0.25) is 4.57 Å². The Morgan fingerprint density at radius 1 is 0.397 bits per heavy atom. The van der Waals surface area contributed by atoms with E-state index in [1.54, 1.807) is 0 Å². The van der Waals surface area contributed by atoms with E-state index in [4.69, 9.17) is 15.0 Å². The molecule has 0 fully saturated rings. The van der Waals surface area contributed by atoms with E-state index in [1.165, 1.54) is 33.2 Å². The van der Waals surface area contributed by atoms with Crippen molar-refractivity contribution < 1.29 is 0 Å². The molecular formula is C54H42N4. The van der Waals surface area contributed by atoms with Crippen molar-refractivity contribution in [3.63, 3.8) is 0 Å². The van der Waals surface area contributed by atoms with Gasteiger partial charge in [0.15, 0.2) is 11.6 Å². The van der Waals surface area contributed by atoms with Gasteiger partial charge in [-0.25, -0.2) is 4.98 Å². The fourth-order valence-electron chi connectivity index (χ4n) is 8.82. The van der Waals surface area contributed by atoms with E-state index in [-0.39, 0.29) is 5.41 Å². The van der Waals surface area contributed by atoms with Crippen LogP contribution >= 0.6 is 0 Å². The van der Waals surface area contributed by atoms with E-state index >= 15 is 0 Å². The maximum absolute atomic E-state index is 5.34. The Morgan fingerprint density at radius 3 is 1.66 bits per heavy atom. The van der Waals surface area contributed by atoms with Gasteiger partial charge in [0.2, 0.25) is 5.95 Å². The van der Waals surface area contributed by atoms with E-state index in [2.05, 4.69) is 176 Å². The van der Waals surface area contributed by atoms with Crippen molar-refractivity contribution in [2.75, 3.05) is 0 Å². The molecule has 1 aliphatic rings. The topological polar surface area (TPSA) is 43.6 Å². The molecule has 0 spiro atoms. The monoisotopic (exact) mass is 746 g/mol. The first-order chi connectivity index (χ1) is 28.5. The Bertz CT molecular complexity index is 3140. The van der Waals surface area contributed by atoms with Gasteiger partial charge in [-0.05, 0) is 67.9 Å². The van der Waals surface area contributed by atoms with Crippen LogP contribution in [0.3, 0.4) is 0 Å². The van der Waals surface area contributed by atoms with Crippen molar-refractivity contribution in [2.24, 2.45) is 0 Å². The number of benzene rings is 8. The minimum atomic E-state index is -0.121. The van der Waals surface area contributed by atoms with Crippen LogP contribution in [0.15, 0.2) is 182 Å². The molecule has 0 unspecified atom stereocenters. The molecule has 0 radical (unpaired) electrons.